The molecule has 0 aliphatic carbocycles. The van der Waals surface area contributed by atoms with Crippen LogP contribution in [0, 0.1) is 11.3 Å². The number of rotatable bonds is 1. The Morgan fingerprint density at radius 3 is 2.58 bits per heavy atom. The van der Waals surface area contributed by atoms with Crippen LogP contribution in [0.25, 0.3) is 0 Å². The first-order chi connectivity index (χ1) is 5.65. The van der Waals surface area contributed by atoms with Crippen molar-refractivity contribution in [3.8, 4) is 6.07 Å². The second-order valence-corrected chi connectivity index (χ2v) is 2.92. The van der Waals surface area contributed by atoms with Gasteiger partial charge < -0.3 is 4.98 Å². The molecule has 1 heterocycles. The maximum atomic E-state index is 11.1. The summed E-state index contributed by atoms with van der Waals surface area (Å²) >= 11 is 0. The summed E-state index contributed by atoms with van der Waals surface area (Å²) in [7, 11) is 0. The molecule has 0 aliphatic heterocycles. The Labute approximate surface area is 70.7 Å². The summed E-state index contributed by atoms with van der Waals surface area (Å²) in [6, 6.07) is 5.14. The van der Waals surface area contributed by atoms with Crippen molar-refractivity contribution in [3.63, 3.8) is 0 Å². The molecule has 12 heavy (non-hydrogen) atoms. The van der Waals surface area contributed by atoms with E-state index in [4.69, 9.17) is 5.26 Å². The minimum Gasteiger partial charge on any atom is -0.325 e. The van der Waals surface area contributed by atoms with Crippen LogP contribution in [0.4, 0.5) is 0 Å². The van der Waals surface area contributed by atoms with Gasteiger partial charge in [0.15, 0.2) is 0 Å². The van der Waals surface area contributed by atoms with Crippen LogP contribution >= 0.6 is 0 Å². The van der Waals surface area contributed by atoms with Gasteiger partial charge in [0.05, 0.1) is 0 Å². The third kappa shape index (κ3) is 1.54. The fourth-order valence-corrected chi connectivity index (χ4v) is 0.914. The van der Waals surface area contributed by atoms with Crippen molar-refractivity contribution in [3.05, 3.63) is 33.7 Å². The maximum absolute atomic E-state index is 11.1. The average Bonchev–Trinajstić information content (AvgIpc) is 2.04. The smallest absolute Gasteiger partial charge is 0.266 e. The van der Waals surface area contributed by atoms with E-state index in [1.165, 1.54) is 0 Å². The molecule has 0 aromatic carbocycles. The van der Waals surface area contributed by atoms with Crippen molar-refractivity contribution in [2.45, 2.75) is 19.8 Å². The number of nitrogens with zero attached hydrogens (tertiary/aromatic N) is 1. The van der Waals surface area contributed by atoms with Gasteiger partial charge in [0.25, 0.3) is 5.56 Å². The largest absolute Gasteiger partial charge is 0.325 e. The summed E-state index contributed by atoms with van der Waals surface area (Å²) < 4.78 is 0. The van der Waals surface area contributed by atoms with Crippen molar-refractivity contribution < 1.29 is 0 Å². The molecule has 0 atom stereocenters. The van der Waals surface area contributed by atoms with E-state index in [0.29, 0.717) is 0 Å². The summed E-state index contributed by atoms with van der Waals surface area (Å²) in [5.41, 5.74) is 0.724. The zero-order chi connectivity index (χ0) is 9.14. The van der Waals surface area contributed by atoms with Gasteiger partial charge in [0, 0.05) is 5.69 Å². The van der Waals surface area contributed by atoms with Crippen LogP contribution in [-0.4, -0.2) is 4.98 Å². The number of nitriles is 1. The Hall–Kier alpha value is -1.56. The van der Waals surface area contributed by atoms with E-state index in [1.807, 2.05) is 19.9 Å². The maximum Gasteiger partial charge on any atom is 0.266 e. The molecule has 0 bridgehead atoms. The Morgan fingerprint density at radius 1 is 1.50 bits per heavy atom. The molecule has 0 spiro atoms. The summed E-state index contributed by atoms with van der Waals surface area (Å²) in [4.78, 5) is 13.7. The van der Waals surface area contributed by atoms with Gasteiger partial charge in [-0.15, -0.1) is 0 Å². The molecule has 0 radical (unpaired) electrons. The van der Waals surface area contributed by atoms with E-state index in [-0.39, 0.29) is 17.0 Å². The summed E-state index contributed by atoms with van der Waals surface area (Å²) in [5, 5.41) is 8.48. The second kappa shape index (κ2) is 3.22. The van der Waals surface area contributed by atoms with Gasteiger partial charge in [-0.3, -0.25) is 4.79 Å². The van der Waals surface area contributed by atoms with Crippen LogP contribution in [-0.2, 0) is 0 Å². The van der Waals surface area contributed by atoms with E-state index >= 15 is 0 Å². The van der Waals surface area contributed by atoms with Crippen LogP contribution in [0.1, 0.15) is 31.0 Å². The Kier molecular flexibility index (Phi) is 2.29. The van der Waals surface area contributed by atoms with Crippen molar-refractivity contribution in [2.75, 3.05) is 0 Å². The van der Waals surface area contributed by atoms with Gasteiger partial charge in [0.1, 0.15) is 11.6 Å². The van der Waals surface area contributed by atoms with Gasteiger partial charge in [-0.25, -0.2) is 0 Å². The van der Waals surface area contributed by atoms with Gasteiger partial charge in [-0.1, -0.05) is 13.8 Å². The Bertz CT molecular complexity index is 371. The molecule has 0 amide bonds. The normalized spacial score (nSPS) is 9.83. The quantitative estimate of drug-likeness (QED) is 0.678. The summed E-state index contributed by atoms with van der Waals surface area (Å²) in [6.45, 7) is 3.97. The number of hydrogen-bond donors (Lipinski definition) is 1. The zero-order valence-electron chi connectivity index (χ0n) is 7.09. The number of aromatic amines is 1. The molecule has 1 N–H and O–H groups in total. The molecule has 0 aliphatic rings. The van der Waals surface area contributed by atoms with E-state index in [2.05, 4.69) is 4.98 Å². The van der Waals surface area contributed by atoms with E-state index in [9.17, 15) is 4.79 Å². The highest BCUT2D eigenvalue weighted by atomic mass is 16.1. The fourth-order valence-electron chi connectivity index (χ4n) is 0.914. The van der Waals surface area contributed by atoms with Crippen LogP contribution in [0.15, 0.2) is 16.9 Å². The Morgan fingerprint density at radius 2 is 2.17 bits per heavy atom. The lowest BCUT2D eigenvalue weighted by molar-refractivity contribution is 0.815. The van der Waals surface area contributed by atoms with Crippen LogP contribution in [0.2, 0.25) is 0 Å². The number of aromatic nitrogens is 1. The lowest BCUT2D eigenvalue weighted by Gasteiger charge is -2.03. The predicted molar refractivity (Wildman–Crippen MR) is 45.9 cm³/mol. The molecule has 62 valence electrons. The standard InChI is InChI=1S/C9H10N2O/c1-6(2)8-4-3-7(5-10)9(12)11-8/h3-4,6H,1-2H3,(H,11,12). The SMILES string of the molecule is CC(C)c1ccc(C#N)c(=O)[nH]1. The van der Waals surface area contributed by atoms with Gasteiger partial charge in [-0.05, 0) is 18.1 Å². The number of H-pyrrole nitrogens is 1. The van der Waals surface area contributed by atoms with Crippen LogP contribution in [0.3, 0.4) is 0 Å². The monoisotopic (exact) mass is 162 g/mol. The van der Waals surface area contributed by atoms with E-state index in [1.54, 1.807) is 12.1 Å². The molecular weight excluding hydrogens is 152 g/mol. The highest BCUT2D eigenvalue weighted by molar-refractivity contribution is 5.27. The number of pyridine rings is 1. The van der Waals surface area contributed by atoms with Crippen LogP contribution in [0.5, 0.6) is 0 Å². The lowest BCUT2D eigenvalue weighted by atomic mass is 10.1. The highest BCUT2D eigenvalue weighted by Gasteiger charge is 2.02. The van der Waals surface area contributed by atoms with Gasteiger partial charge in [0.2, 0.25) is 0 Å². The second-order valence-electron chi connectivity index (χ2n) is 2.92. The number of hydrogen-bond acceptors (Lipinski definition) is 2. The Balaban J connectivity index is 3.22. The van der Waals surface area contributed by atoms with Crippen molar-refractivity contribution in [2.24, 2.45) is 0 Å². The first-order valence-corrected chi connectivity index (χ1v) is 3.78. The molecule has 3 nitrogen and oxygen atoms in total. The first-order valence-electron chi connectivity index (χ1n) is 3.78. The highest BCUT2D eigenvalue weighted by Crippen LogP contribution is 2.08. The lowest BCUT2D eigenvalue weighted by Crippen LogP contribution is -2.12. The zero-order valence-corrected chi connectivity index (χ0v) is 7.09. The molecule has 1 aromatic rings. The molecule has 0 fully saturated rings. The minimum absolute atomic E-state index is 0.166. The molecule has 0 unspecified atom stereocenters. The van der Waals surface area contributed by atoms with Gasteiger partial charge in [-0.2, -0.15) is 5.26 Å². The summed E-state index contributed by atoms with van der Waals surface area (Å²) in [5.74, 6) is 0.283. The van der Waals surface area contributed by atoms with Crippen molar-refractivity contribution in [1.82, 2.24) is 4.98 Å². The third-order valence-electron chi connectivity index (χ3n) is 1.67. The van der Waals surface area contributed by atoms with E-state index < -0.39 is 0 Å². The fraction of sp³-hybridized carbons (Fsp3) is 0.333. The topological polar surface area (TPSA) is 56.6 Å². The average molecular weight is 162 g/mol. The summed E-state index contributed by atoms with van der Waals surface area (Å²) in [6.07, 6.45) is 0. The van der Waals surface area contributed by atoms with Crippen molar-refractivity contribution in [1.29, 1.82) is 5.26 Å². The van der Waals surface area contributed by atoms with Crippen LogP contribution < -0.4 is 5.56 Å². The predicted octanol–water partition coefficient (Wildman–Crippen LogP) is 1.37. The molecular formula is C9H10N2O. The minimum atomic E-state index is -0.302. The molecule has 3 heteroatoms. The molecule has 0 saturated heterocycles. The van der Waals surface area contributed by atoms with Crippen molar-refractivity contribution >= 4 is 0 Å². The molecule has 0 saturated carbocycles. The first kappa shape index (κ1) is 8.54. The van der Waals surface area contributed by atoms with E-state index in [0.717, 1.165) is 5.69 Å². The molecule has 1 rings (SSSR count). The van der Waals surface area contributed by atoms with Gasteiger partial charge >= 0.3 is 0 Å². The molecule has 1 aromatic heterocycles. The number of nitrogens with one attached hydrogen (secondary N) is 1. The third-order valence-corrected chi connectivity index (χ3v) is 1.67.